The third kappa shape index (κ3) is 2.73. The van der Waals surface area contributed by atoms with Crippen LogP contribution in [0.2, 0.25) is 0 Å². The summed E-state index contributed by atoms with van der Waals surface area (Å²) < 4.78 is 11.2. The van der Waals surface area contributed by atoms with Gasteiger partial charge in [-0.3, -0.25) is 4.79 Å². The van der Waals surface area contributed by atoms with E-state index < -0.39 is 0 Å². The van der Waals surface area contributed by atoms with E-state index >= 15 is 0 Å². The highest BCUT2D eigenvalue weighted by molar-refractivity contribution is 5.77. The summed E-state index contributed by atoms with van der Waals surface area (Å²) in [5.74, 6) is 1.56. The van der Waals surface area contributed by atoms with Gasteiger partial charge in [-0.1, -0.05) is 12.8 Å². The minimum absolute atomic E-state index is 0.0378. The predicted octanol–water partition coefficient (Wildman–Crippen LogP) is 2.22. The van der Waals surface area contributed by atoms with Gasteiger partial charge in [-0.25, -0.2) is 0 Å². The van der Waals surface area contributed by atoms with Crippen LogP contribution in [0.3, 0.4) is 0 Å². The number of methoxy groups -OCH3 is 1. The molecule has 3 fully saturated rings. The number of hydrogen-bond acceptors (Lipinski definition) is 3. The van der Waals surface area contributed by atoms with Gasteiger partial charge in [0.2, 0.25) is 5.91 Å². The molecule has 0 N–H and O–H groups in total. The maximum absolute atomic E-state index is 12.3. The van der Waals surface area contributed by atoms with Gasteiger partial charge in [-0.2, -0.15) is 0 Å². The molecule has 0 aromatic carbocycles. The SMILES string of the molecule is COCC[C@H]1CCOC12CN(C(=O)CC1CCCC1)C2. The van der Waals surface area contributed by atoms with Crippen molar-refractivity contribution in [2.24, 2.45) is 11.8 Å². The first-order valence-corrected chi connectivity index (χ1v) is 8.14. The number of nitrogens with zero attached hydrogens (tertiary/aromatic N) is 1. The van der Waals surface area contributed by atoms with Crippen molar-refractivity contribution in [3.8, 4) is 0 Å². The van der Waals surface area contributed by atoms with Crippen LogP contribution in [0.15, 0.2) is 0 Å². The van der Waals surface area contributed by atoms with E-state index in [1.807, 2.05) is 4.90 Å². The normalized spacial score (nSPS) is 29.1. The summed E-state index contributed by atoms with van der Waals surface area (Å²) in [5.41, 5.74) is -0.0378. The van der Waals surface area contributed by atoms with E-state index in [-0.39, 0.29) is 5.60 Å². The van der Waals surface area contributed by atoms with E-state index in [4.69, 9.17) is 9.47 Å². The van der Waals surface area contributed by atoms with Crippen molar-refractivity contribution >= 4 is 5.91 Å². The molecule has 1 saturated carbocycles. The van der Waals surface area contributed by atoms with Gasteiger partial charge in [0.25, 0.3) is 0 Å². The number of rotatable bonds is 5. The average molecular weight is 281 g/mol. The minimum atomic E-state index is -0.0378. The molecule has 2 aliphatic heterocycles. The Hall–Kier alpha value is -0.610. The van der Waals surface area contributed by atoms with Crippen LogP contribution in [0.4, 0.5) is 0 Å². The van der Waals surface area contributed by atoms with Gasteiger partial charge in [0.1, 0.15) is 5.60 Å². The summed E-state index contributed by atoms with van der Waals surface area (Å²) in [6.45, 7) is 3.27. The Morgan fingerprint density at radius 3 is 2.75 bits per heavy atom. The van der Waals surface area contributed by atoms with Gasteiger partial charge < -0.3 is 14.4 Å². The van der Waals surface area contributed by atoms with Crippen molar-refractivity contribution in [3.05, 3.63) is 0 Å². The fourth-order valence-electron chi connectivity index (χ4n) is 4.17. The van der Waals surface area contributed by atoms with E-state index in [1.54, 1.807) is 7.11 Å². The summed E-state index contributed by atoms with van der Waals surface area (Å²) in [6.07, 6.45) is 8.05. The van der Waals surface area contributed by atoms with E-state index in [0.717, 1.165) is 45.6 Å². The monoisotopic (exact) mass is 281 g/mol. The van der Waals surface area contributed by atoms with Crippen molar-refractivity contribution in [1.82, 2.24) is 4.90 Å². The first-order valence-electron chi connectivity index (χ1n) is 8.14. The molecule has 2 heterocycles. The van der Waals surface area contributed by atoms with Crippen LogP contribution in [0, 0.1) is 11.8 Å². The van der Waals surface area contributed by atoms with Gasteiger partial charge >= 0.3 is 0 Å². The lowest BCUT2D eigenvalue weighted by Crippen LogP contribution is -2.66. The zero-order valence-electron chi connectivity index (χ0n) is 12.6. The van der Waals surface area contributed by atoms with E-state index in [0.29, 0.717) is 17.7 Å². The fourth-order valence-corrected chi connectivity index (χ4v) is 4.17. The third-order valence-electron chi connectivity index (χ3n) is 5.48. The summed E-state index contributed by atoms with van der Waals surface area (Å²) in [6, 6.07) is 0. The maximum Gasteiger partial charge on any atom is 0.223 e. The minimum Gasteiger partial charge on any atom is -0.385 e. The van der Waals surface area contributed by atoms with Gasteiger partial charge in [-0.15, -0.1) is 0 Å². The Morgan fingerprint density at radius 1 is 1.30 bits per heavy atom. The lowest BCUT2D eigenvalue weighted by Gasteiger charge is -2.50. The fraction of sp³-hybridized carbons (Fsp3) is 0.938. The highest BCUT2D eigenvalue weighted by Crippen LogP contribution is 2.42. The van der Waals surface area contributed by atoms with Crippen LogP contribution in [-0.2, 0) is 14.3 Å². The molecule has 1 atom stereocenters. The number of hydrogen-bond donors (Lipinski definition) is 0. The molecule has 1 spiro atoms. The summed E-state index contributed by atoms with van der Waals surface area (Å²) in [7, 11) is 1.75. The molecule has 0 aromatic heterocycles. The second kappa shape index (κ2) is 6.02. The van der Waals surface area contributed by atoms with Crippen LogP contribution >= 0.6 is 0 Å². The van der Waals surface area contributed by atoms with Crippen molar-refractivity contribution in [2.75, 3.05) is 33.4 Å². The third-order valence-corrected chi connectivity index (χ3v) is 5.48. The average Bonchev–Trinajstić information content (AvgIpc) is 3.02. The van der Waals surface area contributed by atoms with Gasteiger partial charge in [0.05, 0.1) is 13.1 Å². The Morgan fingerprint density at radius 2 is 2.05 bits per heavy atom. The number of ether oxygens (including phenoxy) is 2. The lowest BCUT2D eigenvalue weighted by atomic mass is 9.78. The number of carbonyl (C=O) groups is 1. The molecule has 0 radical (unpaired) electrons. The van der Waals surface area contributed by atoms with Crippen LogP contribution in [0.5, 0.6) is 0 Å². The molecule has 2 saturated heterocycles. The molecule has 20 heavy (non-hydrogen) atoms. The summed E-state index contributed by atoms with van der Waals surface area (Å²) >= 11 is 0. The van der Waals surface area contributed by atoms with Crippen molar-refractivity contribution < 1.29 is 14.3 Å². The van der Waals surface area contributed by atoms with Crippen molar-refractivity contribution in [3.63, 3.8) is 0 Å². The molecule has 4 heteroatoms. The molecule has 3 aliphatic rings. The zero-order valence-corrected chi connectivity index (χ0v) is 12.6. The van der Waals surface area contributed by atoms with Gasteiger partial charge in [0.15, 0.2) is 0 Å². The van der Waals surface area contributed by atoms with Crippen LogP contribution in [0.1, 0.15) is 44.9 Å². The topological polar surface area (TPSA) is 38.8 Å². The Labute approximate surface area is 121 Å². The molecule has 1 amide bonds. The van der Waals surface area contributed by atoms with Gasteiger partial charge in [0, 0.05) is 26.7 Å². The summed E-state index contributed by atoms with van der Waals surface area (Å²) in [4.78, 5) is 14.3. The zero-order chi connectivity index (χ0) is 14.0. The molecule has 0 unspecified atom stereocenters. The second-order valence-corrected chi connectivity index (χ2v) is 6.78. The van der Waals surface area contributed by atoms with Crippen LogP contribution < -0.4 is 0 Å². The Bertz CT molecular complexity index is 346. The second-order valence-electron chi connectivity index (χ2n) is 6.78. The number of carbonyl (C=O) groups excluding carboxylic acids is 1. The molecule has 114 valence electrons. The first-order chi connectivity index (χ1) is 9.73. The van der Waals surface area contributed by atoms with Crippen LogP contribution in [-0.4, -0.2) is 49.8 Å². The highest BCUT2D eigenvalue weighted by Gasteiger charge is 2.54. The largest absolute Gasteiger partial charge is 0.385 e. The van der Waals surface area contributed by atoms with Crippen molar-refractivity contribution in [1.29, 1.82) is 0 Å². The molecule has 0 aromatic rings. The predicted molar refractivity (Wildman–Crippen MR) is 76.4 cm³/mol. The molecule has 3 rings (SSSR count). The summed E-state index contributed by atoms with van der Waals surface area (Å²) in [5, 5.41) is 0. The maximum atomic E-state index is 12.3. The lowest BCUT2D eigenvalue weighted by molar-refractivity contribution is -0.166. The quantitative estimate of drug-likeness (QED) is 0.775. The Balaban J connectivity index is 1.47. The van der Waals surface area contributed by atoms with E-state index in [1.165, 1.54) is 25.7 Å². The van der Waals surface area contributed by atoms with E-state index in [2.05, 4.69) is 0 Å². The molecule has 0 bridgehead atoms. The molecular formula is C16H27NO3. The molecular weight excluding hydrogens is 254 g/mol. The standard InChI is InChI=1S/C16H27NO3/c1-19-8-6-14-7-9-20-16(14)11-17(12-16)15(18)10-13-4-2-3-5-13/h13-14H,2-12H2,1H3/t14-/m0/s1. The van der Waals surface area contributed by atoms with Gasteiger partial charge in [-0.05, 0) is 37.5 Å². The highest BCUT2D eigenvalue weighted by atomic mass is 16.5. The van der Waals surface area contributed by atoms with Crippen molar-refractivity contribution in [2.45, 2.75) is 50.5 Å². The Kier molecular flexibility index (Phi) is 4.32. The smallest absolute Gasteiger partial charge is 0.223 e. The first kappa shape index (κ1) is 14.3. The molecule has 1 aliphatic carbocycles. The number of amides is 1. The van der Waals surface area contributed by atoms with E-state index in [9.17, 15) is 4.79 Å². The van der Waals surface area contributed by atoms with Crippen LogP contribution in [0.25, 0.3) is 0 Å². The number of likely N-dealkylation sites (tertiary alicyclic amines) is 1. The molecule has 4 nitrogen and oxygen atoms in total.